The van der Waals surface area contributed by atoms with Gasteiger partial charge in [-0.05, 0) is 48.9 Å². The van der Waals surface area contributed by atoms with E-state index in [0.717, 1.165) is 27.8 Å². The Balaban J connectivity index is 1.58. The summed E-state index contributed by atoms with van der Waals surface area (Å²) in [6.45, 7) is 1.99. The average molecular weight is 354 g/mol. The molecule has 2 aromatic carbocycles. The fourth-order valence-electron chi connectivity index (χ4n) is 2.91. The molecule has 0 fully saturated rings. The molecular weight excluding hydrogens is 336 g/mol. The molecule has 0 saturated heterocycles. The highest BCUT2D eigenvalue weighted by Gasteiger charge is 2.09. The Bertz CT molecular complexity index is 1120. The molecule has 132 valence electrons. The van der Waals surface area contributed by atoms with Crippen LogP contribution in [-0.4, -0.2) is 15.9 Å². The summed E-state index contributed by atoms with van der Waals surface area (Å²) < 4.78 is 0. The highest BCUT2D eigenvalue weighted by atomic mass is 16.1. The van der Waals surface area contributed by atoms with Crippen molar-refractivity contribution in [3.63, 3.8) is 0 Å². The summed E-state index contributed by atoms with van der Waals surface area (Å²) >= 11 is 0. The maximum absolute atomic E-state index is 12.6. The number of hydrogen-bond donors (Lipinski definition) is 2. The number of aromatic nitrogens is 2. The van der Waals surface area contributed by atoms with Gasteiger partial charge in [0.25, 0.3) is 5.91 Å². The maximum Gasteiger partial charge on any atom is 0.255 e. The SMILES string of the molecule is Cc1cccc(NC(=O)c2ccnc(Nc3cccc4cccnc34)c2)c1. The monoisotopic (exact) mass is 354 g/mol. The summed E-state index contributed by atoms with van der Waals surface area (Å²) in [5.41, 5.74) is 4.09. The molecule has 0 unspecified atom stereocenters. The van der Waals surface area contributed by atoms with E-state index in [1.807, 2.05) is 61.5 Å². The normalized spacial score (nSPS) is 10.6. The Morgan fingerprint density at radius 3 is 2.63 bits per heavy atom. The van der Waals surface area contributed by atoms with Gasteiger partial charge in [0.05, 0.1) is 11.2 Å². The number of nitrogens with one attached hydrogen (secondary N) is 2. The Kier molecular flexibility index (Phi) is 4.49. The van der Waals surface area contributed by atoms with Gasteiger partial charge in [-0.25, -0.2) is 4.98 Å². The minimum Gasteiger partial charge on any atom is -0.338 e. The van der Waals surface area contributed by atoms with Gasteiger partial charge < -0.3 is 10.6 Å². The highest BCUT2D eigenvalue weighted by Crippen LogP contribution is 2.24. The van der Waals surface area contributed by atoms with Gasteiger partial charge in [0.15, 0.2) is 0 Å². The van der Waals surface area contributed by atoms with Crippen molar-refractivity contribution in [1.29, 1.82) is 0 Å². The van der Waals surface area contributed by atoms with E-state index in [2.05, 4.69) is 20.6 Å². The van der Waals surface area contributed by atoms with E-state index >= 15 is 0 Å². The lowest BCUT2D eigenvalue weighted by molar-refractivity contribution is 0.102. The Hall–Kier alpha value is -3.73. The number of carbonyl (C=O) groups is 1. The standard InChI is InChI=1S/C22H18N4O/c1-15-5-2-8-18(13-15)25-22(27)17-10-12-23-20(14-17)26-19-9-3-6-16-7-4-11-24-21(16)19/h2-14H,1H3,(H,23,26)(H,25,27). The van der Waals surface area contributed by atoms with Gasteiger partial charge in [0, 0.05) is 29.0 Å². The molecule has 0 aliphatic heterocycles. The van der Waals surface area contributed by atoms with Gasteiger partial charge in [-0.15, -0.1) is 0 Å². The number of aryl methyl sites for hydroxylation is 1. The summed E-state index contributed by atoms with van der Waals surface area (Å²) in [4.78, 5) is 21.3. The maximum atomic E-state index is 12.6. The summed E-state index contributed by atoms with van der Waals surface area (Å²) in [6, 6.07) is 20.9. The number of fused-ring (bicyclic) bond motifs is 1. The average Bonchev–Trinajstić information content (AvgIpc) is 2.68. The molecule has 1 amide bonds. The number of carbonyl (C=O) groups excluding carboxylic acids is 1. The minimum atomic E-state index is -0.179. The molecule has 0 aliphatic rings. The lowest BCUT2D eigenvalue weighted by Gasteiger charge is -2.10. The first-order chi connectivity index (χ1) is 13.2. The first-order valence-electron chi connectivity index (χ1n) is 8.64. The van der Waals surface area contributed by atoms with Gasteiger partial charge >= 0.3 is 0 Å². The molecule has 0 aliphatic carbocycles. The van der Waals surface area contributed by atoms with Crippen LogP contribution >= 0.6 is 0 Å². The fraction of sp³-hybridized carbons (Fsp3) is 0.0455. The van der Waals surface area contributed by atoms with E-state index in [4.69, 9.17) is 0 Å². The van der Waals surface area contributed by atoms with Crippen molar-refractivity contribution in [3.05, 3.63) is 90.3 Å². The lowest BCUT2D eigenvalue weighted by Crippen LogP contribution is -2.12. The molecule has 2 aromatic heterocycles. The molecule has 5 heteroatoms. The zero-order valence-electron chi connectivity index (χ0n) is 14.8. The number of amides is 1. The molecule has 4 rings (SSSR count). The summed E-state index contributed by atoms with van der Waals surface area (Å²) in [5.74, 6) is 0.409. The van der Waals surface area contributed by atoms with Crippen molar-refractivity contribution in [3.8, 4) is 0 Å². The van der Waals surface area contributed by atoms with Crippen LogP contribution in [0.3, 0.4) is 0 Å². The summed E-state index contributed by atoms with van der Waals surface area (Å²) in [6.07, 6.45) is 3.37. The third-order valence-corrected chi connectivity index (χ3v) is 4.19. The predicted octanol–water partition coefficient (Wildman–Crippen LogP) is 4.93. The van der Waals surface area contributed by atoms with Crippen LogP contribution in [-0.2, 0) is 0 Å². The number of rotatable bonds is 4. The Morgan fingerprint density at radius 1 is 0.889 bits per heavy atom. The molecule has 5 nitrogen and oxygen atoms in total. The Morgan fingerprint density at radius 2 is 1.74 bits per heavy atom. The van der Waals surface area contributed by atoms with Gasteiger partial charge in [0.1, 0.15) is 5.82 Å². The van der Waals surface area contributed by atoms with E-state index in [1.54, 1.807) is 24.5 Å². The largest absolute Gasteiger partial charge is 0.338 e. The van der Waals surface area contributed by atoms with Crippen molar-refractivity contribution in [2.45, 2.75) is 6.92 Å². The second-order valence-electron chi connectivity index (χ2n) is 6.26. The van der Waals surface area contributed by atoms with Gasteiger partial charge in [-0.1, -0.05) is 30.3 Å². The second-order valence-corrected chi connectivity index (χ2v) is 6.26. The minimum absolute atomic E-state index is 0.179. The molecule has 0 bridgehead atoms. The van der Waals surface area contributed by atoms with Crippen molar-refractivity contribution in [2.24, 2.45) is 0 Å². The van der Waals surface area contributed by atoms with Crippen LogP contribution in [0.1, 0.15) is 15.9 Å². The Labute approximate surface area is 157 Å². The zero-order valence-corrected chi connectivity index (χ0v) is 14.8. The third-order valence-electron chi connectivity index (χ3n) is 4.19. The zero-order chi connectivity index (χ0) is 18.6. The second kappa shape index (κ2) is 7.25. The van der Waals surface area contributed by atoms with Crippen LogP contribution in [0.5, 0.6) is 0 Å². The van der Waals surface area contributed by atoms with E-state index in [9.17, 15) is 4.79 Å². The van der Waals surface area contributed by atoms with Crippen LogP contribution < -0.4 is 10.6 Å². The van der Waals surface area contributed by atoms with Gasteiger partial charge in [-0.3, -0.25) is 9.78 Å². The quantitative estimate of drug-likeness (QED) is 0.545. The van der Waals surface area contributed by atoms with Crippen LogP contribution in [0, 0.1) is 6.92 Å². The molecular formula is C22H18N4O. The number of hydrogen-bond acceptors (Lipinski definition) is 4. The molecule has 27 heavy (non-hydrogen) atoms. The molecule has 0 saturated carbocycles. The van der Waals surface area contributed by atoms with E-state index < -0.39 is 0 Å². The predicted molar refractivity (Wildman–Crippen MR) is 108 cm³/mol. The van der Waals surface area contributed by atoms with Crippen molar-refractivity contribution >= 4 is 34.0 Å². The topological polar surface area (TPSA) is 66.9 Å². The van der Waals surface area contributed by atoms with Gasteiger partial charge in [0.2, 0.25) is 0 Å². The first kappa shape index (κ1) is 16.7. The number of para-hydroxylation sites is 1. The number of anilines is 3. The lowest BCUT2D eigenvalue weighted by atomic mass is 10.2. The van der Waals surface area contributed by atoms with Crippen LogP contribution in [0.15, 0.2) is 79.1 Å². The summed E-state index contributed by atoms with van der Waals surface area (Å²) in [7, 11) is 0. The number of nitrogens with zero attached hydrogens (tertiary/aromatic N) is 2. The number of benzene rings is 2. The molecule has 0 spiro atoms. The van der Waals surface area contributed by atoms with Crippen molar-refractivity contribution in [2.75, 3.05) is 10.6 Å². The van der Waals surface area contributed by atoms with Crippen LogP contribution in [0.25, 0.3) is 10.9 Å². The van der Waals surface area contributed by atoms with Gasteiger partial charge in [-0.2, -0.15) is 0 Å². The smallest absolute Gasteiger partial charge is 0.255 e. The molecule has 0 atom stereocenters. The third kappa shape index (κ3) is 3.77. The van der Waals surface area contributed by atoms with Crippen LogP contribution in [0.2, 0.25) is 0 Å². The first-order valence-corrected chi connectivity index (χ1v) is 8.64. The highest BCUT2D eigenvalue weighted by molar-refractivity contribution is 6.04. The molecule has 2 N–H and O–H groups in total. The van der Waals surface area contributed by atoms with E-state index in [0.29, 0.717) is 11.4 Å². The summed E-state index contributed by atoms with van der Waals surface area (Å²) in [5, 5.41) is 7.21. The van der Waals surface area contributed by atoms with E-state index in [1.165, 1.54) is 0 Å². The van der Waals surface area contributed by atoms with Crippen molar-refractivity contribution in [1.82, 2.24) is 9.97 Å². The van der Waals surface area contributed by atoms with Crippen LogP contribution in [0.4, 0.5) is 17.2 Å². The van der Waals surface area contributed by atoms with Crippen molar-refractivity contribution < 1.29 is 4.79 Å². The van der Waals surface area contributed by atoms with E-state index in [-0.39, 0.29) is 5.91 Å². The fourth-order valence-corrected chi connectivity index (χ4v) is 2.91. The molecule has 4 aromatic rings. The molecule has 2 heterocycles. The number of pyridine rings is 2. The molecule has 0 radical (unpaired) electrons.